The third-order valence-corrected chi connectivity index (χ3v) is 3.31. The lowest BCUT2D eigenvalue weighted by Gasteiger charge is -2.18. The van der Waals surface area contributed by atoms with Gasteiger partial charge in [0.15, 0.2) is 0 Å². The van der Waals surface area contributed by atoms with Crippen molar-refractivity contribution in [1.29, 1.82) is 0 Å². The molecule has 0 saturated heterocycles. The van der Waals surface area contributed by atoms with Crippen molar-refractivity contribution in [1.82, 2.24) is 5.32 Å². The fraction of sp³-hybridized carbons (Fsp3) is 0.0714. The van der Waals surface area contributed by atoms with Crippen molar-refractivity contribution in [3.63, 3.8) is 0 Å². The van der Waals surface area contributed by atoms with Gasteiger partial charge in [0.1, 0.15) is 0 Å². The topological polar surface area (TPSA) is 29.1 Å². The van der Waals surface area contributed by atoms with Crippen molar-refractivity contribution >= 4 is 22.3 Å². The summed E-state index contributed by atoms with van der Waals surface area (Å²) in [5.41, 5.74) is 2.11. The second kappa shape index (κ2) is 5.64. The minimum atomic E-state index is -0.121. The number of hydrogen-bond acceptors (Lipinski definition) is 1. The van der Waals surface area contributed by atoms with E-state index in [0.29, 0.717) is 0 Å². The van der Waals surface area contributed by atoms with Gasteiger partial charge in [-0.1, -0.05) is 64.5 Å². The normalized spacial score (nSPS) is 11.8. The van der Waals surface area contributed by atoms with E-state index in [4.69, 9.17) is 0 Å². The number of amides is 1. The number of nitrogens with one attached hydrogen (secondary N) is 1. The first-order valence-corrected chi connectivity index (χ1v) is 6.11. The van der Waals surface area contributed by atoms with Crippen molar-refractivity contribution in [2.75, 3.05) is 0 Å². The second-order valence-corrected chi connectivity index (χ2v) is 4.50. The minimum absolute atomic E-state index is 0.121. The first-order valence-electron chi connectivity index (χ1n) is 5.32. The van der Waals surface area contributed by atoms with E-state index in [0.717, 1.165) is 22.0 Å². The highest BCUT2D eigenvalue weighted by atomic mass is 79.9. The average Bonchev–Trinajstić information content (AvgIpc) is 2.38. The summed E-state index contributed by atoms with van der Waals surface area (Å²) in [6.07, 6.45) is 0.733. The Morgan fingerprint density at radius 2 is 1.65 bits per heavy atom. The lowest BCUT2D eigenvalue weighted by Crippen LogP contribution is -2.20. The Bertz CT molecular complexity index is 499. The summed E-state index contributed by atoms with van der Waals surface area (Å²) in [6.45, 7) is 0. The molecule has 0 heterocycles. The summed E-state index contributed by atoms with van der Waals surface area (Å²) in [5.74, 6) is 0. The lowest BCUT2D eigenvalue weighted by atomic mass is 9.99. The standard InChI is InChI=1S/C14H12BrNO/c15-13-9-5-4-8-12(13)14(16-10-17)11-6-2-1-3-7-11/h1-10,14H,(H,16,17). The summed E-state index contributed by atoms with van der Waals surface area (Å²) in [6, 6.07) is 17.7. The molecule has 1 amide bonds. The van der Waals surface area contributed by atoms with E-state index >= 15 is 0 Å². The molecule has 86 valence electrons. The molecule has 2 aromatic carbocycles. The zero-order chi connectivity index (χ0) is 12.1. The molecule has 0 aromatic heterocycles. The summed E-state index contributed by atoms with van der Waals surface area (Å²) >= 11 is 3.51. The van der Waals surface area contributed by atoms with Crippen LogP contribution >= 0.6 is 15.9 Å². The van der Waals surface area contributed by atoms with Gasteiger partial charge in [0, 0.05) is 4.47 Å². The van der Waals surface area contributed by atoms with Gasteiger partial charge >= 0.3 is 0 Å². The number of hydrogen-bond donors (Lipinski definition) is 1. The van der Waals surface area contributed by atoms with Crippen LogP contribution in [0, 0.1) is 0 Å². The molecule has 0 aliphatic rings. The Morgan fingerprint density at radius 1 is 1.00 bits per heavy atom. The van der Waals surface area contributed by atoms with E-state index in [-0.39, 0.29) is 6.04 Å². The van der Waals surface area contributed by atoms with Gasteiger partial charge in [-0.15, -0.1) is 0 Å². The SMILES string of the molecule is O=CNC(c1ccccc1)c1ccccc1Br. The molecule has 0 fully saturated rings. The molecule has 2 aromatic rings. The van der Waals surface area contributed by atoms with E-state index in [1.807, 2.05) is 54.6 Å². The van der Waals surface area contributed by atoms with Crippen molar-refractivity contribution in [3.8, 4) is 0 Å². The quantitative estimate of drug-likeness (QED) is 0.860. The molecule has 2 nitrogen and oxygen atoms in total. The number of carbonyl (C=O) groups excluding carboxylic acids is 1. The predicted molar refractivity (Wildman–Crippen MR) is 71.6 cm³/mol. The van der Waals surface area contributed by atoms with Crippen molar-refractivity contribution in [2.24, 2.45) is 0 Å². The van der Waals surface area contributed by atoms with Crippen LogP contribution in [0.3, 0.4) is 0 Å². The van der Waals surface area contributed by atoms with Crippen molar-refractivity contribution in [2.45, 2.75) is 6.04 Å². The van der Waals surface area contributed by atoms with Crippen LogP contribution in [0.4, 0.5) is 0 Å². The maximum Gasteiger partial charge on any atom is 0.207 e. The van der Waals surface area contributed by atoms with Crippen LogP contribution in [-0.2, 0) is 4.79 Å². The molecule has 17 heavy (non-hydrogen) atoms. The van der Waals surface area contributed by atoms with E-state index in [1.54, 1.807) is 0 Å². The van der Waals surface area contributed by atoms with E-state index < -0.39 is 0 Å². The van der Waals surface area contributed by atoms with Gasteiger partial charge in [-0.25, -0.2) is 0 Å². The Balaban J connectivity index is 2.43. The fourth-order valence-corrected chi connectivity index (χ4v) is 2.30. The molecule has 2 rings (SSSR count). The molecule has 0 radical (unpaired) electrons. The number of rotatable bonds is 4. The second-order valence-electron chi connectivity index (χ2n) is 3.65. The van der Waals surface area contributed by atoms with Crippen LogP contribution < -0.4 is 5.32 Å². The van der Waals surface area contributed by atoms with Gasteiger partial charge in [-0.2, -0.15) is 0 Å². The molecule has 0 aliphatic heterocycles. The highest BCUT2D eigenvalue weighted by molar-refractivity contribution is 9.10. The minimum Gasteiger partial charge on any atom is -0.348 e. The number of benzene rings is 2. The highest BCUT2D eigenvalue weighted by Crippen LogP contribution is 2.27. The summed E-state index contributed by atoms with van der Waals surface area (Å²) in [4.78, 5) is 10.7. The Hall–Kier alpha value is -1.61. The average molecular weight is 290 g/mol. The zero-order valence-electron chi connectivity index (χ0n) is 9.14. The largest absolute Gasteiger partial charge is 0.348 e. The number of carbonyl (C=O) groups is 1. The molecular weight excluding hydrogens is 278 g/mol. The van der Waals surface area contributed by atoms with Crippen LogP contribution in [0.25, 0.3) is 0 Å². The highest BCUT2D eigenvalue weighted by Gasteiger charge is 2.14. The maximum absolute atomic E-state index is 10.7. The molecular formula is C14H12BrNO. The van der Waals surface area contributed by atoms with Gasteiger partial charge in [-0.05, 0) is 17.2 Å². The summed E-state index contributed by atoms with van der Waals surface area (Å²) < 4.78 is 0.989. The number of halogens is 1. The van der Waals surface area contributed by atoms with Gasteiger partial charge in [0.05, 0.1) is 6.04 Å². The molecule has 0 aliphatic carbocycles. The van der Waals surface area contributed by atoms with Crippen LogP contribution in [0.1, 0.15) is 17.2 Å². The van der Waals surface area contributed by atoms with Gasteiger partial charge in [0.25, 0.3) is 0 Å². The third-order valence-electron chi connectivity index (χ3n) is 2.58. The Morgan fingerprint density at radius 3 is 2.29 bits per heavy atom. The molecule has 1 N–H and O–H groups in total. The zero-order valence-corrected chi connectivity index (χ0v) is 10.7. The third kappa shape index (κ3) is 2.74. The summed E-state index contributed by atoms with van der Waals surface area (Å²) in [7, 11) is 0. The molecule has 1 unspecified atom stereocenters. The Labute approximate surface area is 109 Å². The molecule has 0 spiro atoms. The van der Waals surface area contributed by atoms with E-state index in [1.165, 1.54) is 0 Å². The van der Waals surface area contributed by atoms with Gasteiger partial charge in [-0.3, -0.25) is 4.79 Å². The lowest BCUT2D eigenvalue weighted by molar-refractivity contribution is -0.110. The monoisotopic (exact) mass is 289 g/mol. The van der Waals surface area contributed by atoms with Gasteiger partial charge < -0.3 is 5.32 Å². The molecule has 0 bridgehead atoms. The fourth-order valence-electron chi connectivity index (χ4n) is 1.79. The van der Waals surface area contributed by atoms with E-state index in [9.17, 15) is 4.79 Å². The smallest absolute Gasteiger partial charge is 0.207 e. The van der Waals surface area contributed by atoms with E-state index in [2.05, 4.69) is 21.2 Å². The van der Waals surface area contributed by atoms with Crippen LogP contribution in [0.2, 0.25) is 0 Å². The van der Waals surface area contributed by atoms with Crippen molar-refractivity contribution < 1.29 is 4.79 Å². The molecule has 0 saturated carbocycles. The predicted octanol–water partition coefficient (Wildman–Crippen LogP) is 3.28. The maximum atomic E-state index is 10.7. The van der Waals surface area contributed by atoms with Crippen LogP contribution in [0.15, 0.2) is 59.1 Å². The first kappa shape index (κ1) is 11.9. The summed E-state index contributed by atoms with van der Waals surface area (Å²) in [5, 5.41) is 2.85. The first-order chi connectivity index (χ1) is 8.33. The van der Waals surface area contributed by atoms with Gasteiger partial charge in [0.2, 0.25) is 6.41 Å². The molecule has 3 heteroatoms. The van der Waals surface area contributed by atoms with Crippen molar-refractivity contribution in [3.05, 3.63) is 70.2 Å². The molecule has 1 atom stereocenters. The Kier molecular flexibility index (Phi) is 3.94. The van der Waals surface area contributed by atoms with Crippen LogP contribution in [-0.4, -0.2) is 6.41 Å². The van der Waals surface area contributed by atoms with Crippen LogP contribution in [0.5, 0.6) is 0 Å².